The Morgan fingerprint density at radius 1 is 1.06 bits per heavy atom. The molecule has 1 fully saturated rings. The molecule has 1 aliphatic rings. The molecule has 3 aromatic rings. The summed E-state index contributed by atoms with van der Waals surface area (Å²) < 4.78 is 11.0. The fraction of sp³-hybridized carbons (Fsp3) is 0.115. The quantitative estimate of drug-likeness (QED) is 0.234. The first-order chi connectivity index (χ1) is 16.4. The molecule has 0 N–H and O–H groups in total. The summed E-state index contributed by atoms with van der Waals surface area (Å²) in [5.74, 6) is -0.659. The van der Waals surface area contributed by atoms with Crippen LogP contribution in [0.15, 0.2) is 71.6 Å². The normalized spacial score (nSPS) is 14.6. The number of halogens is 1. The summed E-state index contributed by atoms with van der Waals surface area (Å²) in [7, 11) is 1.45. The second-order valence-electron chi connectivity index (χ2n) is 7.50. The number of thioether (sulfide) groups is 1. The van der Waals surface area contributed by atoms with E-state index in [2.05, 4.69) is 0 Å². The highest BCUT2D eigenvalue weighted by atomic mass is 35.5. The molecule has 2 amide bonds. The van der Waals surface area contributed by atoms with Gasteiger partial charge in [0.25, 0.3) is 11.1 Å². The lowest BCUT2D eigenvalue weighted by Crippen LogP contribution is -2.27. The average molecular weight is 494 g/mol. The van der Waals surface area contributed by atoms with Gasteiger partial charge >= 0.3 is 5.97 Å². The van der Waals surface area contributed by atoms with Crippen molar-refractivity contribution in [2.24, 2.45) is 0 Å². The van der Waals surface area contributed by atoms with Crippen LogP contribution in [0.5, 0.6) is 11.5 Å². The van der Waals surface area contributed by atoms with E-state index < -0.39 is 11.9 Å². The third kappa shape index (κ3) is 5.00. The second kappa shape index (κ2) is 10.2. The predicted octanol–water partition coefficient (Wildman–Crippen LogP) is 6.11. The Kier molecular flexibility index (Phi) is 7.05. The zero-order valence-corrected chi connectivity index (χ0v) is 20.0. The number of carbonyl (C=O) groups excluding carboxylic acids is 3. The summed E-state index contributed by atoms with van der Waals surface area (Å²) in [6.45, 7) is 2.13. The Balaban J connectivity index is 1.64. The minimum absolute atomic E-state index is 0.125. The van der Waals surface area contributed by atoms with Crippen LogP contribution in [0.25, 0.3) is 6.08 Å². The van der Waals surface area contributed by atoms with Gasteiger partial charge < -0.3 is 9.47 Å². The first-order valence-corrected chi connectivity index (χ1v) is 11.5. The van der Waals surface area contributed by atoms with E-state index in [0.29, 0.717) is 11.3 Å². The van der Waals surface area contributed by atoms with Crippen molar-refractivity contribution in [1.82, 2.24) is 4.90 Å². The van der Waals surface area contributed by atoms with Crippen LogP contribution in [0.4, 0.5) is 4.79 Å². The second-order valence-corrected chi connectivity index (χ2v) is 8.91. The van der Waals surface area contributed by atoms with Gasteiger partial charge in [-0.1, -0.05) is 65.7 Å². The Hall–Kier alpha value is -3.55. The van der Waals surface area contributed by atoms with Gasteiger partial charge in [0.15, 0.2) is 11.5 Å². The molecule has 0 spiro atoms. The molecule has 1 saturated heterocycles. The molecule has 0 unspecified atom stereocenters. The molecular weight excluding hydrogens is 474 g/mol. The number of hydrogen-bond acceptors (Lipinski definition) is 6. The minimum atomic E-state index is -0.669. The van der Waals surface area contributed by atoms with Crippen LogP contribution in [0.2, 0.25) is 5.02 Å². The van der Waals surface area contributed by atoms with Gasteiger partial charge in [0.1, 0.15) is 0 Å². The van der Waals surface area contributed by atoms with Crippen LogP contribution < -0.4 is 9.47 Å². The van der Waals surface area contributed by atoms with Crippen LogP contribution in [0.3, 0.4) is 0 Å². The maximum atomic E-state index is 13.0. The lowest BCUT2D eigenvalue weighted by molar-refractivity contribution is -0.123. The van der Waals surface area contributed by atoms with Gasteiger partial charge in [-0.2, -0.15) is 0 Å². The fourth-order valence-electron chi connectivity index (χ4n) is 3.46. The number of esters is 1. The Morgan fingerprint density at radius 3 is 2.56 bits per heavy atom. The highest BCUT2D eigenvalue weighted by Gasteiger charge is 2.35. The van der Waals surface area contributed by atoms with E-state index in [1.54, 1.807) is 42.5 Å². The molecule has 8 heteroatoms. The van der Waals surface area contributed by atoms with E-state index in [0.717, 1.165) is 22.9 Å². The smallest absolute Gasteiger partial charge is 0.345 e. The molecule has 172 valence electrons. The molecule has 1 heterocycles. The first kappa shape index (κ1) is 23.6. The van der Waals surface area contributed by atoms with Crippen LogP contribution in [0, 0.1) is 6.92 Å². The summed E-state index contributed by atoms with van der Waals surface area (Å²) in [6.07, 6.45) is 1.53. The van der Waals surface area contributed by atoms with Crippen LogP contribution in [-0.4, -0.2) is 29.1 Å². The zero-order valence-electron chi connectivity index (χ0n) is 18.4. The Labute approximate surface area is 206 Å². The number of benzene rings is 3. The third-order valence-electron chi connectivity index (χ3n) is 5.10. The highest BCUT2D eigenvalue weighted by Crippen LogP contribution is 2.38. The van der Waals surface area contributed by atoms with Crippen molar-refractivity contribution in [3.8, 4) is 11.5 Å². The van der Waals surface area contributed by atoms with Crippen molar-refractivity contribution in [2.75, 3.05) is 7.11 Å². The molecule has 1 aliphatic heterocycles. The van der Waals surface area contributed by atoms with Crippen LogP contribution in [0.1, 0.15) is 27.0 Å². The van der Waals surface area contributed by atoms with E-state index in [4.69, 9.17) is 21.1 Å². The zero-order chi connectivity index (χ0) is 24.2. The van der Waals surface area contributed by atoms with Gasteiger partial charge in [0.05, 0.1) is 29.1 Å². The maximum Gasteiger partial charge on any atom is 0.345 e. The molecule has 0 bridgehead atoms. The van der Waals surface area contributed by atoms with Crippen molar-refractivity contribution in [2.45, 2.75) is 13.5 Å². The standard InChI is InChI=1S/C26H20ClNO5S/c1-16-7-5-8-17(13-16)15-28-24(29)22(34-26(28)31)14-18-9-6-12-21(32-2)23(18)33-25(30)19-10-3-4-11-20(19)27/h3-14H,15H2,1-2H3/b22-14-. The summed E-state index contributed by atoms with van der Waals surface area (Å²) in [6, 6.07) is 19.2. The van der Waals surface area contributed by atoms with Gasteiger partial charge in [0, 0.05) is 5.56 Å². The van der Waals surface area contributed by atoms with Crippen molar-refractivity contribution in [3.63, 3.8) is 0 Å². The van der Waals surface area contributed by atoms with Crippen LogP contribution >= 0.6 is 23.4 Å². The average Bonchev–Trinajstić information content (AvgIpc) is 3.07. The number of methoxy groups -OCH3 is 1. The monoisotopic (exact) mass is 493 g/mol. The minimum Gasteiger partial charge on any atom is -0.493 e. The van der Waals surface area contributed by atoms with Crippen LogP contribution in [-0.2, 0) is 11.3 Å². The fourth-order valence-corrected chi connectivity index (χ4v) is 4.50. The lowest BCUT2D eigenvalue weighted by Gasteiger charge is -2.13. The van der Waals surface area contributed by atoms with E-state index in [9.17, 15) is 14.4 Å². The summed E-state index contributed by atoms with van der Waals surface area (Å²) in [5, 5.41) is -0.114. The van der Waals surface area contributed by atoms with E-state index in [1.165, 1.54) is 18.1 Å². The molecule has 0 atom stereocenters. The van der Waals surface area contributed by atoms with Gasteiger partial charge in [-0.3, -0.25) is 14.5 Å². The maximum absolute atomic E-state index is 13.0. The third-order valence-corrected chi connectivity index (χ3v) is 6.34. The number of ether oxygens (including phenoxy) is 2. The van der Waals surface area contributed by atoms with Crippen molar-refractivity contribution in [1.29, 1.82) is 0 Å². The molecule has 3 aromatic carbocycles. The van der Waals surface area contributed by atoms with Crippen molar-refractivity contribution >= 4 is 46.6 Å². The topological polar surface area (TPSA) is 72.9 Å². The summed E-state index contributed by atoms with van der Waals surface area (Å²) in [4.78, 5) is 39.8. The first-order valence-electron chi connectivity index (χ1n) is 10.3. The Morgan fingerprint density at radius 2 is 1.82 bits per heavy atom. The Bertz CT molecular complexity index is 1320. The number of nitrogens with zero attached hydrogens (tertiary/aromatic N) is 1. The number of hydrogen-bond donors (Lipinski definition) is 0. The molecule has 0 aliphatic carbocycles. The molecule has 0 saturated carbocycles. The number of imide groups is 1. The molecule has 0 aromatic heterocycles. The van der Waals surface area contributed by atoms with Gasteiger partial charge in [0.2, 0.25) is 0 Å². The van der Waals surface area contributed by atoms with E-state index >= 15 is 0 Å². The van der Waals surface area contributed by atoms with E-state index in [-0.39, 0.29) is 33.0 Å². The summed E-state index contributed by atoms with van der Waals surface area (Å²) >= 11 is 6.96. The largest absolute Gasteiger partial charge is 0.493 e. The number of aryl methyl sites for hydroxylation is 1. The van der Waals surface area contributed by atoms with Gasteiger partial charge in [-0.05, 0) is 48.5 Å². The molecule has 0 radical (unpaired) electrons. The molecule has 4 rings (SSSR count). The highest BCUT2D eigenvalue weighted by molar-refractivity contribution is 8.18. The number of para-hydroxylation sites is 1. The SMILES string of the molecule is COc1cccc(/C=C2\SC(=O)N(Cc3cccc(C)c3)C2=O)c1OC(=O)c1ccccc1Cl. The lowest BCUT2D eigenvalue weighted by atomic mass is 10.1. The molecular formula is C26H20ClNO5S. The number of rotatable bonds is 6. The number of amides is 2. The predicted molar refractivity (Wildman–Crippen MR) is 132 cm³/mol. The molecule has 34 heavy (non-hydrogen) atoms. The van der Waals surface area contributed by atoms with E-state index in [1.807, 2.05) is 31.2 Å². The van der Waals surface area contributed by atoms with Crippen molar-refractivity contribution in [3.05, 3.63) is 98.9 Å². The van der Waals surface area contributed by atoms with Crippen molar-refractivity contribution < 1.29 is 23.9 Å². The summed E-state index contributed by atoms with van der Waals surface area (Å²) in [5.41, 5.74) is 2.51. The van der Waals surface area contributed by atoms with Gasteiger partial charge in [-0.25, -0.2) is 4.79 Å². The number of carbonyl (C=O) groups is 3. The van der Waals surface area contributed by atoms with Gasteiger partial charge in [-0.15, -0.1) is 0 Å². The molecule has 6 nitrogen and oxygen atoms in total.